The van der Waals surface area contributed by atoms with Crippen LogP contribution in [-0.2, 0) is 0 Å². The van der Waals surface area contributed by atoms with E-state index in [1.807, 2.05) is 0 Å². The zero-order chi connectivity index (χ0) is 34.0. The topological polar surface area (TPSA) is 3.24 Å². The van der Waals surface area contributed by atoms with E-state index in [1.165, 1.54) is 66.1 Å². The summed E-state index contributed by atoms with van der Waals surface area (Å²) < 4.78 is 0. The van der Waals surface area contributed by atoms with Crippen molar-refractivity contribution < 1.29 is 0 Å². The predicted molar refractivity (Wildman–Crippen MR) is 218 cm³/mol. The van der Waals surface area contributed by atoms with Gasteiger partial charge in [0.25, 0.3) is 0 Å². The van der Waals surface area contributed by atoms with Crippen molar-refractivity contribution in [3.05, 3.63) is 212 Å². The molecule has 0 radical (unpaired) electrons. The fraction of sp³-hybridized carbons (Fsp3) is 0. The molecule has 9 aromatic carbocycles. The molecule has 0 fully saturated rings. The Labute approximate surface area is 299 Å². The van der Waals surface area contributed by atoms with Crippen molar-refractivity contribution >= 4 is 38.6 Å². The molecule has 0 atom stereocenters. The molecule has 9 rings (SSSR count). The molecular weight excluding hydrogens is 615 g/mol. The van der Waals surface area contributed by atoms with Crippen LogP contribution in [0.1, 0.15) is 0 Å². The fourth-order valence-corrected chi connectivity index (χ4v) is 7.25. The van der Waals surface area contributed by atoms with E-state index in [4.69, 9.17) is 0 Å². The van der Waals surface area contributed by atoms with E-state index < -0.39 is 0 Å². The van der Waals surface area contributed by atoms with Crippen LogP contribution in [0, 0.1) is 0 Å². The molecule has 0 saturated heterocycles. The largest absolute Gasteiger partial charge is 0.309 e. The molecule has 1 heteroatoms. The van der Waals surface area contributed by atoms with Crippen LogP contribution in [0.15, 0.2) is 212 Å². The Bertz CT molecular complexity index is 2620. The smallest absolute Gasteiger partial charge is 0.0546 e. The summed E-state index contributed by atoms with van der Waals surface area (Å²) >= 11 is 0. The van der Waals surface area contributed by atoms with Crippen molar-refractivity contribution in [2.45, 2.75) is 0 Å². The number of nitrogens with zero attached hydrogens (tertiary/aromatic N) is 1. The van der Waals surface area contributed by atoms with E-state index in [0.717, 1.165) is 17.1 Å². The summed E-state index contributed by atoms with van der Waals surface area (Å²) in [5.41, 5.74) is 12.9. The van der Waals surface area contributed by atoms with E-state index in [0.29, 0.717) is 0 Å². The summed E-state index contributed by atoms with van der Waals surface area (Å²) in [5.74, 6) is 0. The van der Waals surface area contributed by atoms with E-state index in [-0.39, 0.29) is 0 Å². The summed E-state index contributed by atoms with van der Waals surface area (Å²) in [4.78, 5) is 2.44. The standard InChI is InChI=1S/C50H35N/c1-3-13-36(14-4-1)42-21-11-22-43(33-42)38-27-30-46(31-28-38)51(49-24-12-20-40-18-9-10-23-47(40)49)50-35-45(29-32-48(50)39-16-5-2-6-17-39)44-26-25-37-15-7-8-19-41(37)34-44/h1-35H. The average Bonchev–Trinajstić information content (AvgIpc) is 3.22. The van der Waals surface area contributed by atoms with Crippen LogP contribution >= 0.6 is 0 Å². The van der Waals surface area contributed by atoms with Crippen molar-refractivity contribution in [2.24, 2.45) is 0 Å². The molecule has 0 heterocycles. The number of anilines is 3. The lowest BCUT2D eigenvalue weighted by atomic mass is 9.95. The van der Waals surface area contributed by atoms with Gasteiger partial charge in [0.15, 0.2) is 0 Å². The first-order chi connectivity index (χ1) is 25.3. The summed E-state index contributed by atoms with van der Waals surface area (Å²) in [5, 5.41) is 4.90. The molecule has 0 aromatic heterocycles. The minimum absolute atomic E-state index is 1.10. The first-order valence-electron chi connectivity index (χ1n) is 17.5. The van der Waals surface area contributed by atoms with Gasteiger partial charge in [-0.3, -0.25) is 0 Å². The second kappa shape index (κ2) is 13.3. The third-order valence-corrected chi connectivity index (χ3v) is 9.84. The van der Waals surface area contributed by atoms with E-state index >= 15 is 0 Å². The minimum Gasteiger partial charge on any atom is -0.309 e. The quantitative estimate of drug-likeness (QED) is 0.166. The van der Waals surface area contributed by atoms with Gasteiger partial charge in [-0.1, -0.05) is 176 Å². The predicted octanol–water partition coefficient (Wildman–Crippen LogP) is 14.1. The van der Waals surface area contributed by atoms with Gasteiger partial charge in [0, 0.05) is 16.6 Å². The number of hydrogen-bond donors (Lipinski definition) is 0. The molecule has 9 aromatic rings. The van der Waals surface area contributed by atoms with Gasteiger partial charge in [-0.15, -0.1) is 0 Å². The Morgan fingerprint density at radius 1 is 0.255 bits per heavy atom. The number of fused-ring (bicyclic) bond motifs is 2. The summed E-state index contributed by atoms with van der Waals surface area (Å²) in [6, 6.07) is 76.8. The maximum Gasteiger partial charge on any atom is 0.0546 e. The Morgan fingerprint density at radius 3 is 1.53 bits per heavy atom. The molecule has 0 amide bonds. The second-order valence-corrected chi connectivity index (χ2v) is 13.0. The highest BCUT2D eigenvalue weighted by Gasteiger charge is 2.20. The molecule has 0 aliphatic heterocycles. The first kappa shape index (κ1) is 30.4. The maximum atomic E-state index is 2.44. The summed E-state index contributed by atoms with van der Waals surface area (Å²) in [7, 11) is 0. The third kappa shape index (κ3) is 5.96. The molecule has 0 N–H and O–H groups in total. The van der Waals surface area contributed by atoms with Gasteiger partial charge in [-0.05, 0) is 91.5 Å². The highest BCUT2D eigenvalue weighted by Crippen LogP contribution is 2.45. The zero-order valence-corrected chi connectivity index (χ0v) is 28.2. The summed E-state index contributed by atoms with van der Waals surface area (Å²) in [6.45, 7) is 0. The van der Waals surface area contributed by atoms with E-state index in [1.54, 1.807) is 0 Å². The van der Waals surface area contributed by atoms with Gasteiger partial charge in [0.05, 0.1) is 11.4 Å². The molecule has 51 heavy (non-hydrogen) atoms. The van der Waals surface area contributed by atoms with Gasteiger partial charge < -0.3 is 4.90 Å². The number of hydrogen-bond acceptors (Lipinski definition) is 1. The van der Waals surface area contributed by atoms with Gasteiger partial charge in [-0.2, -0.15) is 0 Å². The van der Waals surface area contributed by atoms with Crippen molar-refractivity contribution in [2.75, 3.05) is 4.90 Å². The third-order valence-electron chi connectivity index (χ3n) is 9.84. The molecule has 1 nitrogen and oxygen atoms in total. The zero-order valence-electron chi connectivity index (χ0n) is 28.2. The van der Waals surface area contributed by atoms with Gasteiger partial charge in [0.1, 0.15) is 0 Å². The van der Waals surface area contributed by atoms with Crippen molar-refractivity contribution in [1.82, 2.24) is 0 Å². The molecule has 0 spiro atoms. The van der Waals surface area contributed by atoms with Crippen LogP contribution in [0.2, 0.25) is 0 Å². The Hall–Kier alpha value is -6.70. The average molecular weight is 650 g/mol. The van der Waals surface area contributed by atoms with Crippen molar-refractivity contribution in [3.63, 3.8) is 0 Å². The van der Waals surface area contributed by atoms with Crippen LogP contribution in [0.5, 0.6) is 0 Å². The van der Waals surface area contributed by atoms with E-state index in [2.05, 4.69) is 217 Å². The van der Waals surface area contributed by atoms with Crippen molar-refractivity contribution in [3.8, 4) is 44.5 Å². The number of rotatable bonds is 7. The van der Waals surface area contributed by atoms with Crippen molar-refractivity contribution in [1.29, 1.82) is 0 Å². The fourth-order valence-electron chi connectivity index (χ4n) is 7.25. The Morgan fingerprint density at radius 2 is 0.765 bits per heavy atom. The first-order valence-corrected chi connectivity index (χ1v) is 17.5. The number of benzene rings is 9. The minimum atomic E-state index is 1.10. The highest BCUT2D eigenvalue weighted by atomic mass is 15.1. The van der Waals surface area contributed by atoms with Gasteiger partial charge >= 0.3 is 0 Å². The van der Waals surface area contributed by atoms with E-state index in [9.17, 15) is 0 Å². The normalized spacial score (nSPS) is 11.1. The maximum absolute atomic E-state index is 2.44. The van der Waals surface area contributed by atoms with Crippen LogP contribution in [0.25, 0.3) is 66.1 Å². The molecule has 0 aliphatic rings. The lowest BCUT2D eigenvalue weighted by molar-refractivity contribution is 1.30. The Kier molecular flexibility index (Phi) is 7.92. The molecule has 240 valence electrons. The van der Waals surface area contributed by atoms with Gasteiger partial charge in [-0.25, -0.2) is 0 Å². The molecule has 0 saturated carbocycles. The van der Waals surface area contributed by atoms with Crippen LogP contribution in [-0.4, -0.2) is 0 Å². The van der Waals surface area contributed by atoms with Crippen LogP contribution in [0.3, 0.4) is 0 Å². The lowest BCUT2D eigenvalue weighted by Gasteiger charge is -2.30. The SMILES string of the molecule is c1ccc(-c2cccc(-c3ccc(N(c4cc(-c5ccc6ccccc6c5)ccc4-c4ccccc4)c4cccc5ccccc45)cc3)c2)cc1. The molecule has 0 aliphatic carbocycles. The summed E-state index contributed by atoms with van der Waals surface area (Å²) in [6.07, 6.45) is 0. The lowest BCUT2D eigenvalue weighted by Crippen LogP contribution is -2.12. The monoisotopic (exact) mass is 649 g/mol. The second-order valence-electron chi connectivity index (χ2n) is 13.0. The van der Waals surface area contributed by atoms with Crippen LogP contribution < -0.4 is 4.90 Å². The molecule has 0 unspecified atom stereocenters. The molecule has 0 bridgehead atoms. The van der Waals surface area contributed by atoms with Crippen LogP contribution in [0.4, 0.5) is 17.1 Å². The molecular formula is C50H35N. The Balaban J connectivity index is 1.23. The highest BCUT2D eigenvalue weighted by molar-refractivity contribution is 6.02. The van der Waals surface area contributed by atoms with Gasteiger partial charge in [0.2, 0.25) is 0 Å².